The van der Waals surface area contributed by atoms with Crippen LogP contribution in [0.4, 0.5) is 20.1 Å². The molecular formula is C21H24ClN3O9. The molecule has 5 unspecified atom stereocenters. The number of fused-ring (bicyclic) bond motifs is 2. The van der Waals surface area contributed by atoms with Gasteiger partial charge >= 0.3 is 17.6 Å². The highest BCUT2D eigenvalue weighted by Crippen LogP contribution is 2.33. The molecule has 0 spiro atoms. The summed E-state index contributed by atoms with van der Waals surface area (Å²) in [4.78, 5) is 47.8. The number of aliphatic hydroxyl groups excluding tert-OH is 2. The molecule has 1 aromatic carbocycles. The lowest BCUT2D eigenvalue weighted by atomic mass is 9.88. The van der Waals surface area contributed by atoms with Crippen LogP contribution in [0.5, 0.6) is 5.75 Å². The second-order valence-corrected chi connectivity index (χ2v) is 8.40. The number of nitrogens with zero attached hydrogens (tertiary/aromatic N) is 3. The standard InChI is InChI=1S/C21H24ClN3O9/c1-10(2)32-20(29)24-14-5-6-15(18(27)17(14)26)25(24)21(30)33-11(3)8-12-9-13(23-31)4-7-16(12)34-19(22)28/h4-7,9-11,14-15,17-18,26-27H,8H2,1-3H3. The number of rotatable bonds is 6. The van der Waals surface area contributed by atoms with E-state index in [9.17, 15) is 29.5 Å². The molecule has 13 heteroatoms. The maximum atomic E-state index is 13.1. The lowest BCUT2D eigenvalue weighted by Crippen LogP contribution is -2.73. The Bertz CT molecular complexity index is 1000. The van der Waals surface area contributed by atoms with E-state index in [4.69, 9.17) is 25.8 Å². The van der Waals surface area contributed by atoms with Crippen LogP contribution in [0, 0.1) is 4.91 Å². The first-order valence-electron chi connectivity index (χ1n) is 10.4. The summed E-state index contributed by atoms with van der Waals surface area (Å²) in [5.74, 6) is 0.0518. The first kappa shape index (κ1) is 25.4. The third-order valence-corrected chi connectivity index (χ3v) is 5.29. The predicted molar refractivity (Wildman–Crippen MR) is 117 cm³/mol. The summed E-state index contributed by atoms with van der Waals surface area (Å²) in [5.41, 5.74) is -0.722. The van der Waals surface area contributed by atoms with Crippen molar-refractivity contribution < 1.29 is 38.8 Å². The monoisotopic (exact) mass is 497 g/mol. The fourth-order valence-electron chi connectivity index (χ4n) is 3.82. The van der Waals surface area contributed by atoms with Gasteiger partial charge in [0.2, 0.25) is 0 Å². The zero-order valence-corrected chi connectivity index (χ0v) is 19.3. The molecule has 2 heterocycles. The van der Waals surface area contributed by atoms with Crippen LogP contribution in [0.1, 0.15) is 26.3 Å². The van der Waals surface area contributed by atoms with Crippen molar-refractivity contribution in [3.8, 4) is 5.75 Å². The fraction of sp³-hybridized carbons (Fsp3) is 0.476. The quantitative estimate of drug-likeness (QED) is 0.342. The van der Waals surface area contributed by atoms with Crippen LogP contribution in [-0.4, -0.2) is 74.3 Å². The average molecular weight is 498 g/mol. The molecule has 184 valence electrons. The SMILES string of the molecule is CC(C)OC(=O)N1C2C=CC(C(O)C2O)N1C(=O)OC(C)Cc1cc(N=O)ccc1OC(=O)Cl. The molecule has 3 aliphatic rings. The van der Waals surface area contributed by atoms with Crippen LogP contribution >= 0.6 is 11.6 Å². The summed E-state index contributed by atoms with van der Waals surface area (Å²) < 4.78 is 15.6. The summed E-state index contributed by atoms with van der Waals surface area (Å²) in [6.07, 6.45) is -2.94. The number of halogens is 1. The first-order chi connectivity index (χ1) is 16.0. The van der Waals surface area contributed by atoms with E-state index in [1.807, 2.05) is 0 Å². The molecule has 2 bridgehead atoms. The van der Waals surface area contributed by atoms with Gasteiger partial charge in [-0.15, -0.1) is 4.91 Å². The minimum absolute atomic E-state index is 0.00596. The maximum Gasteiger partial charge on any atom is 0.429 e. The highest BCUT2D eigenvalue weighted by molar-refractivity contribution is 6.61. The van der Waals surface area contributed by atoms with Crippen molar-refractivity contribution in [2.24, 2.45) is 5.18 Å². The summed E-state index contributed by atoms with van der Waals surface area (Å²) >= 11 is 5.29. The number of nitroso groups, excluding NO2 is 1. The Morgan fingerprint density at radius 3 is 2.09 bits per heavy atom. The average Bonchev–Trinajstić information content (AvgIpc) is 2.76. The van der Waals surface area contributed by atoms with Gasteiger partial charge in [-0.25, -0.2) is 24.4 Å². The van der Waals surface area contributed by atoms with Crippen molar-refractivity contribution in [2.45, 2.75) is 63.7 Å². The second kappa shape index (κ2) is 10.4. The Kier molecular flexibility index (Phi) is 7.75. The number of carbonyl (C=O) groups excluding carboxylic acids is 3. The van der Waals surface area contributed by atoms with E-state index in [0.717, 1.165) is 10.0 Å². The van der Waals surface area contributed by atoms with E-state index < -0.39 is 54.1 Å². The highest BCUT2D eigenvalue weighted by Gasteiger charge is 2.53. The molecule has 1 fully saturated rings. The lowest BCUT2D eigenvalue weighted by molar-refractivity contribution is -0.173. The Labute approximate surface area is 199 Å². The number of hydrogen-bond donors (Lipinski definition) is 2. The first-order valence-corrected chi connectivity index (χ1v) is 10.8. The normalized spacial score (nSPS) is 24.1. The van der Waals surface area contributed by atoms with Gasteiger partial charge in [0.05, 0.1) is 6.10 Å². The predicted octanol–water partition coefficient (Wildman–Crippen LogP) is 3.00. The van der Waals surface area contributed by atoms with Gasteiger partial charge in [-0.3, -0.25) is 0 Å². The minimum Gasteiger partial charge on any atom is -0.445 e. The maximum absolute atomic E-state index is 13.1. The molecular weight excluding hydrogens is 474 g/mol. The van der Waals surface area contributed by atoms with Crippen molar-refractivity contribution in [1.82, 2.24) is 10.0 Å². The minimum atomic E-state index is -1.36. The number of amides is 2. The van der Waals surface area contributed by atoms with Crippen LogP contribution in [-0.2, 0) is 15.9 Å². The van der Waals surface area contributed by atoms with Gasteiger partial charge in [-0.1, -0.05) is 12.2 Å². The molecule has 2 aliphatic heterocycles. The third-order valence-electron chi connectivity index (χ3n) is 5.21. The van der Waals surface area contributed by atoms with Crippen LogP contribution < -0.4 is 4.74 Å². The van der Waals surface area contributed by atoms with Crippen LogP contribution in [0.25, 0.3) is 0 Å². The van der Waals surface area contributed by atoms with Crippen LogP contribution in [0.2, 0.25) is 0 Å². The fourth-order valence-corrected chi connectivity index (χ4v) is 3.90. The zero-order chi connectivity index (χ0) is 25.2. The van der Waals surface area contributed by atoms with Crippen molar-refractivity contribution in [3.63, 3.8) is 0 Å². The molecule has 1 aromatic rings. The van der Waals surface area contributed by atoms with E-state index in [2.05, 4.69) is 5.18 Å². The van der Waals surface area contributed by atoms with Crippen molar-refractivity contribution in [3.05, 3.63) is 40.8 Å². The molecule has 12 nitrogen and oxygen atoms in total. The van der Waals surface area contributed by atoms with Gasteiger partial charge in [0.1, 0.15) is 41.8 Å². The Balaban J connectivity index is 1.81. The number of benzene rings is 1. The molecule has 1 saturated heterocycles. The van der Waals surface area contributed by atoms with E-state index >= 15 is 0 Å². The topological polar surface area (TPSA) is 155 Å². The van der Waals surface area contributed by atoms with Gasteiger partial charge in [0, 0.05) is 23.6 Å². The summed E-state index contributed by atoms with van der Waals surface area (Å²) in [7, 11) is 0. The van der Waals surface area contributed by atoms with Crippen molar-refractivity contribution in [2.75, 3.05) is 0 Å². The van der Waals surface area contributed by atoms with Gasteiger partial charge < -0.3 is 24.4 Å². The van der Waals surface area contributed by atoms with Gasteiger partial charge in [-0.2, -0.15) is 0 Å². The molecule has 5 atom stereocenters. The highest BCUT2D eigenvalue weighted by atomic mass is 35.5. The summed E-state index contributed by atoms with van der Waals surface area (Å²) in [6.45, 7) is 4.78. The zero-order valence-electron chi connectivity index (χ0n) is 18.5. The van der Waals surface area contributed by atoms with E-state index in [0.29, 0.717) is 5.56 Å². The van der Waals surface area contributed by atoms with E-state index in [1.165, 1.54) is 37.3 Å². The van der Waals surface area contributed by atoms with Crippen LogP contribution in [0.15, 0.2) is 35.5 Å². The third kappa shape index (κ3) is 5.29. The Morgan fingerprint density at radius 1 is 1.03 bits per heavy atom. The molecule has 2 amide bonds. The molecule has 2 N–H and O–H groups in total. The number of hydrogen-bond acceptors (Lipinski definition) is 10. The number of hydrazine groups is 1. The molecule has 1 aliphatic carbocycles. The van der Waals surface area contributed by atoms with Crippen LogP contribution in [0.3, 0.4) is 0 Å². The van der Waals surface area contributed by atoms with Gasteiger partial charge in [-0.05, 0) is 44.1 Å². The summed E-state index contributed by atoms with van der Waals surface area (Å²) in [5, 5.41) is 25.4. The van der Waals surface area contributed by atoms with Gasteiger partial charge in [0.15, 0.2) is 0 Å². The largest absolute Gasteiger partial charge is 0.445 e. The Hall–Kier alpha value is -3.22. The van der Waals surface area contributed by atoms with Gasteiger partial charge in [0.25, 0.3) is 0 Å². The van der Waals surface area contributed by atoms with E-state index in [1.54, 1.807) is 13.8 Å². The second-order valence-electron chi connectivity index (χ2n) is 8.09. The number of ether oxygens (including phenoxy) is 3. The summed E-state index contributed by atoms with van der Waals surface area (Å²) in [6, 6.07) is 1.89. The smallest absolute Gasteiger partial charge is 0.429 e. The molecule has 34 heavy (non-hydrogen) atoms. The number of aliphatic hydroxyl groups is 2. The lowest BCUT2D eigenvalue weighted by Gasteiger charge is -2.52. The number of carbonyl (C=O) groups is 3. The molecule has 0 aromatic heterocycles. The molecule has 4 rings (SSSR count). The van der Waals surface area contributed by atoms with Crippen molar-refractivity contribution >= 4 is 34.9 Å². The van der Waals surface area contributed by atoms with E-state index in [-0.39, 0.29) is 17.9 Å². The molecule has 0 radical (unpaired) electrons. The molecule has 0 saturated carbocycles. The Morgan fingerprint density at radius 2 is 1.59 bits per heavy atom. The van der Waals surface area contributed by atoms with Crippen molar-refractivity contribution in [1.29, 1.82) is 0 Å².